The van der Waals surface area contributed by atoms with Crippen LogP contribution in [0.25, 0.3) is 11.3 Å². The number of hydrogen-bond acceptors (Lipinski definition) is 9. The van der Waals surface area contributed by atoms with E-state index in [1.165, 1.54) is 35.9 Å². The number of piperazine rings is 1. The van der Waals surface area contributed by atoms with Gasteiger partial charge in [0.15, 0.2) is 16.6 Å². The van der Waals surface area contributed by atoms with Crippen molar-refractivity contribution in [3.63, 3.8) is 0 Å². The van der Waals surface area contributed by atoms with Gasteiger partial charge in [-0.3, -0.25) is 0 Å². The van der Waals surface area contributed by atoms with Gasteiger partial charge in [-0.15, -0.1) is 11.3 Å². The van der Waals surface area contributed by atoms with E-state index in [1.807, 2.05) is 23.6 Å². The van der Waals surface area contributed by atoms with E-state index in [2.05, 4.69) is 4.90 Å². The van der Waals surface area contributed by atoms with Gasteiger partial charge >= 0.3 is 0 Å². The first-order valence-corrected chi connectivity index (χ1v) is 12.9. The molecule has 1 aliphatic heterocycles. The second kappa shape index (κ2) is 10.1. The Morgan fingerprint density at radius 1 is 0.824 bits per heavy atom. The third-order valence-corrected chi connectivity index (χ3v) is 8.44. The Morgan fingerprint density at radius 3 is 2.06 bits per heavy atom. The van der Waals surface area contributed by atoms with E-state index in [1.54, 1.807) is 26.4 Å². The Labute approximate surface area is 203 Å². The lowest BCUT2D eigenvalue weighted by Gasteiger charge is -2.33. The number of ether oxygens (including phenoxy) is 4. The van der Waals surface area contributed by atoms with Crippen LogP contribution >= 0.6 is 11.3 Å². The van der Waals surface area contributed by atoms with Crippen LogP contribution in [0.5, 0.6) is 23.0 Å². The molecule has 0 spiro atoms. The summed E-state index contributed by atoms with van der Waals surface area (Å²) >= 11 is 1.53. The molecule has 2 aromatic carbocycles. The number of anilines is 1. The van der Waals surface area contributed by atoms with Crippen molar-refractivity contribution in [2.45, 2.75) is 4.90 Å². The fourth-order valence-corrected chi connectivity index (χ4v) is 6.07. The molecule has 9 nitrogen and oxygen atoms in total. The summed E-state index contributed by atoms with van der Waals surface area (Å²) in [6.45, 7) is 1.80. The van der Waals surface area contributed by atoms with E-state index in [0.717, 1.165) is 16.4 Å². The smallest absolute Gasteiger partial charge is 0.243 e. The van der Waals surface area contributed by atoms with Crippen molar-refractivity contribution < 1.29 is 27.4 Å². The highest BCUT2D eigenvalue weighted by atomic mass is 32.2. The molecule has 0 bridgehead atoms. The standard InChI is InChI=1S/C23H27N3O6S2/c1-29-17-11-16(12-18(13-17)30-2)20-15-33-23(24-20)25-7-9-26(10-8-25)34(27,28)19-5-6-21(31-3)22(14-19)32-4/h5-6,11-15H,7-10H2,1-4H3. The molecular weight excluding hydrogens is 478 g/mol. The van der Waals surface area contributed by atoms with Crippen LogP contribution in [0, 0.1) is 0 Å². The Kier molecular flexibility index (Phi) is 7.15. The maximum absolute atomic E-state index is 13.2. The van der Waals surface area contributed by atoms with Crippen LogP contribution < -0.4 is 23.8 Å². The molecule has 1 aromatic heterocycles. The third-order valence-electron chi connectivity index (χ3n) is 5.64. The average Bonchev–Trinajstić information content (AvgIpc) is 3.38. The van der Waals surface area contributed by atoms with Gasteiger partial charge in [-0.05, 0) is 24.3 Å². The van der Waals surface area contributed by atoms with Gasteiger partial charge in [0.25, 0.3) is 0 Å². The van der Waals surface area contributed by atoms with Crippen molar-refractivity contribution in [1.82, 2.24) is 9.29 Å². The Bertz CT molecular complexity index is 1230. The van der Waals surface area contributed by atoms with Crippen molar-refractivity contribution in [3.05, 3.63) is 41.8 Å². The molecule has 0 aliphatic carbocycles. The average molecular weight is 506 g/mol. The van der Waals surface area contributed by atoms with Crippen molar-refractivity contribution in [2.75, 3.05) is 59.5 Å². The van der Waals surface area contributed by atoms with Crippen molar-refractivity contribution in [2.24, 2.45) is 0 Å². The van der Waals surface area contributed by atoms with Crippen molar-refractivity contribution in [3.8, 4) is 34.3 Å². The number of benzene rings is 2. The summed E-state index contributed by atoms with van der Waals surface area (Å²) < 4.78 is 49.0. The third kappa shape index (κ3) is 4.77. The summed E-state index contributed by atoms with van der Waals surface area (Å²) in [6.07, 6.45) is 0. The number of hydrogen-bond donors (Lipinski definition) is 0. The fraction of sp³-hybridized carbons (Fsp3) is 0.348. The monoisotopic (exact) mass is 505 g/mol. The summed E-state index contributed by atoms with van der Waals surface area (Å²) in [7, 11) is 2.57. The van der Waals surface area contributed by atoms with E-state index >= 15 is 0 Å². The summed E-state index contributed by atoms with van der Waals surface area (Å²) in [6, 6.07) is 10.3. The second-order valence-electron chi connectivity index (χ2n) is 7.52. The minimum atomic E-state index is -3.65. The van der Waals surface area contributed by atoms with Gasteiger partial charge in [0.05, 0.1) is 39.0 Å². The molecule has 0 unspecified atom stereocenters. The highest BCUT2D eigenvalue weighted by Crippen LogP contribution is 2.34. The molecule has 0 saturated carbocycles. The lowest BCUT2D eigenvalue weighted by atomic mass is 10.1. The number of sulfonamides is 1. The largest absolute Gasteiger partial charge is 0.497 e. The lowest BCUT2D eigenvalue weighted by molar-refractivity contribution is 0.353. The summed E-state index contributed by atoms with van der Waals surface area (Å²) in [5, 5.41) is 2.83. The van der Waals surface area contributed by atoms with E-state index in [4.69, 9.17) is 23.9 Å². The second-order valence-corrected chi connectivity index (χ2v) is 10.3. The molecule has 4 rings (SSSR count). The van der Waals surface area contributed by atoms with Gasteiger partial charge in [0, 0.05) is 49.3 Å². The molecule has 11 heteroatoms. The van der Waals surface area contributed by atoms with Gasteiger partial charge in [0.1, 0.15) is 11.5 Å². The van der Waals surface area contributed by atoms with E-state index in [9.17, 15) is 8.42 Å². The van der Waals surface area contributed by atoms with Crippen molar-refractivity contribution >= 4 is 26.5 Å². The molecule has 2 heterocycles. The van der Waals surface area contributed by atoms with E-state index in [-0.39, 0.29) is 4.90 Å². The molecule has 182 valence electrons. The quantitative estimate of drug-likeness (QED) is 0.460. The summed E-state index contributed by atoms with van der Waals surface area (Å²) in [5.74, 6) is 2.25. The van der Waals surface area contributed by atoms with Crippen LogP contribution in [0.15, 0.2) is 46.7 Å². The van der Waals surface area contributed by atoms with Crippen LogP contribution in [0.1, 0.15) is 0 Å². The van der Waals surface area contributed by atoms with E-state index < -0.39 is 10.0 Å². The molecule has 0 N–H and O–H groups in total. The predicted molar refractivity (Wildman–Crippen MR) is 131 cm³/mol. The highest BCUT2D eigenvalue weighted by Gasteiger charge is 2.30. The minimum absolute atomic E-state index is 0.183. The van der Waals surface area contributed by atoms with Gasteiger partial charge in [-0.2, -0.15) is 4.31 Å². The van der Waals surface area contributed by atoms with Crippen LogP contribution in [0.2, 0.25) is 0 Å². The minimum Gasteiger partial charge on any atom is -0.497 e. The lowest BCUT2D eigenvalue weighted by Crippen LogP contribution is -2.48. The molecular formula is C23H27N3O6S2. The number of aromatic nitrogens is 1. The van der Waals surface area contributed by atoms with Crippen LogP contribution in [0.3, 0.4) is 0 Å². The molecule has 1 saturated heterocycles. The first kappa shape index (κ1) is 24.1. The first-order chi connectivity index (χ1) is 16.4. The number of methoxy groups -OCH3 is 4. The zero-order valence-corrected chi connectivity index (χ0v) is 21.1. The molecule has 0 amide bonds. The van der Waals surface area contributed by atoms with Crippen LogP contribution in [-0.4, -0.2) is 72.3 Å². The Morgan fingerprint density at radius 2 is 1.47 bits per heavy atom. The zero-order valence-electron chi connectivity index (χ0n) is 19.5. The summed E-state index contributed by atoms with van der Waals surface area (Å²) in [5.41, 5.74) is 1.71. The normalized spacial score (nSPS) is 14.6. The zero-order chi connectivity index (χ0) is 24.3. The maximum atomic E-state index is 13.2. The summed E-state index contributed by atoms with van der Waals surface area (Å²) in [4.78, 5) is 7.06. The Hall–Kier alpha value is -3.02. The molecule has 0 atom stereocenters. The molecule has 0 radical (unpaired) electrons. The van der Waals surface area contributed by atoms with Crippen LogP contribution in [-0.2, 0) is 10.0 Å². The van der Waals surface area contributed by atoms with Gasteiger partial charge < -0.3 is 23.8 Å². The molecule has 1 fully saturated rings. The SMILES string of the molecule is COc1cc(OC)cc(-c2csc(N3CCN(S(=O)(=O)c4ccc(OC)c(OC)c4)CC3)n2)c1. The number of rotatable bonds is 8. The van der Waals surface area contributed by atoms with E-state index in [0.29, 0.717) is 49.2 Å². The topological polar surface area (TPSA) is 90.4 Å². The molecule has 3 aromatic rings. The van der Waals surface area contributed by atoms with Crippen molar-refractivity contribution in [1.29, 1.82) is 0 Å². The number of thiazole rings is 1. The maximum Gasteiger partial charge on any atom is 0.243 e. The van der Waals surface area contributed by atoms with Gasteiger partial charge in [-0.1, -0.05) is 0 Å². The van der Waals surface area contributed by atoms with Gasteiger partial charge in [-0.25, -0.2) is 13.4 Å². The Balaban J connectivity index is 1.47. The van der Waals surface area contributed by atoms with Crippen LogP contribution in [0.4, 0.5) is 5.13 Å². The highest BCUT2D eigenvalue weighted by molar-refractivity contribution is 7.89. The molecule has 1 aliphatic rings. The molecule has 34 heavy (non-hydrogen) atoms. The van der Waals surface area contributed by atoms with Gasteiger partial charge in [0.2, 0.25) is 10.0 Å². The predicted octanol–water partition coefficient (Wildman–Crippen LogP) is 3.36. The first-order valence-electron chi connectivity index (χ1n) is 10.6. The fourth-order valence-electron chi connectivity index (χ4n) is 3.74. The number of nitrogens with zero attached hydrogens (tertiary/aromatic N) is 3.